The molecule has 1 atom stereocenters. The lowest BCUT2D eigenvalue weighted by Gasteiger charge is -2.22. The van der Waals surface area contributed by atoms with Crippen LogP contribution in [-0.4, -0.2) is 24.3 Å². The Bertz CT molecular complexity index is 755. The molecule has 24 heavy (non-hydrogen) atoms. The Kier molecular flexibility index (Phi) is 4.56. The molecular formula is C20H25NO3. The molecule has 1 aliphatic carbocycles. The van der Waals surface area contributed by atoms with E-state index in [1.165, 1.54) is 37.7 Å². The van der Waals surface area contributed by atoms with Crippen LogP contribution in [0.25, 0.3) is 10.9 Å². The zero-order valence-corrected chi connectivity index (χ0v) is 14.1. The molecule has 2 fully saturated rings. The summed E-state index contributed by atoms with van der Waals surface area (Å²) in [4.78, 5) is 15.6. The maximum absolute atomic E-state index is 12.4. The second kappa shape index (κ2) is 6.98. The van der Waals surface area contributed by atoms with Gasteiger partial charge in [-0.15, -0.1) is 0 Å². The normalized spacial score (nSPS) is 22.1. The van der Waals surface area contributed by atoms with Crippen molar-refractivity contribution in [1.29, 1.82) is 0 Å². The van der Waals surface area contributed by atoms with E-state index in [0.717, 1.165) is 30.4 Å². The summed E-state index contributed by atoms with van der Waals surface area (Å²) in [5, 5.41) is 0.734. The summed E-state index contributed by atoms with van der Waals surface area (Å²) < 4.78 is 11.5. The lowest BCUT2D eigenvalue weighted by atomic mass is 9.96. The quantitative estimate of drug-likeness (QED) is 0.918. The first-order chi connectivity index (χ1) is 11.8. The first kappa shape index (κ1) is 15.7. The van der Waals surface area contributed by atoms with E-state index >= 15 is 0 Å². The molecule has 4 rings (SSSR count). The van der Waals surface area contributed by atoms with Gasteiger partial charge in [-0.05, 0) is 55.7 Å². The molecule has 1 unspecified atom stereocenters. The number of fused-ring (bicyclic) bond motifs is 1. The van der Waals surface area contributed by atoms with Crippen LogP contribution in [-0.2, 0) is 4.74 Å². The number of benzene rings is 1. The van der Waals surface area contributed by atoms with Gasteiger partial charge in [0.05, 0.1) is 11.6 Å². The summed E-state index contributed by atoms with van der Waals surface area (Å²) in [7, 11) is 0. The van der Waals surface area contributed by atoms with Gasteiger partial charge in [-0.3, -0.25) is 4.79 Å². The van der Waals surface area contributed by atoms with E-state index in [4.69, 9.17) is 9.47 Å². The second-order valence-corrected chi connectivity index (χ2v) is 7.08. The van der Waals surface area contributed by atoms with Crippen LogP contribution in [0.15, 0.2) is 29.1 Å². The zero-order valence-electron chi connectivity index (χ0n) is 14.1. The van der Waals surface area contributed by atoms with Gasteiger partial charge in [-0.1, -0.05) is 18.9 Å². The Balaban J connectivity index is 1.55. The Morgan fingerprint density at radius 3 is 2.71 bits per heavy atom. The van der Waals surface area contributed by atoms with Crippen molar-refractivity contribution in [3.63, 3.8) is 0 Å². The van der Waals surface area contributed by atoms with Crippen molar-refractivity contribution >= 4 is 10.9 Å². The van der Waals surface area contributed by atoms with Crippen LogP contribution in [0.2, 0.25) is 0 Å². The average Bonchev–Trinajstić information content (AvgIpc) is 3.15. The molecule has 1 aromatic heterocycles. The smallest absolute Gasteiger partial charge is 0.195 e. The van der Waals surface area contributed by atoms with Crippen LogP contribution in [0.5, 0.6) is 5.88 Å². The molecule has 2 aromatic rings. The lowest BCUT2D eigenvalue weighted by molar-refractivity contribution is -0.0119. The van der Waals surface area contributed by atoms with Gasteiger partial charge in [0, 0.05) is 18.1 Å². The Hall–Kier alpha value is -1.81. The second-order valence-electron chi connectivity index (χ2n) is 7.08. The monoisotopic (exact) mass is 327 g/mol. The lowest BCUT2D eigenvalue weighted by Crippen LogP contribution is -2.26. The predicted molar refractivity (Wildman–Crippen MR) is 94.9 cm³/mol. The van der Waals surface area contributed by atoms with Crippen molar-refractivity contribution in [1.82, 2.24) is 4.98 Å². The van der Waals surface area contributed by atoms with Crippen LogP contribution in [0.1, 0.15) is 56.4 Å². The van der Waals surface area contributed by atoms with E-state index < -0.39 is 0 Å². The zero-order chi connectivity index (χ0) is 16.4. The van der Waals surface area contributed by atoms with Gasteiger partial charge in [0.2, 0.25) is 0 Å². The molecule has 1 saturated heterocycles. The molecular weight excluding hydrogens is 302 g/mol. The van der Waals surface area contributed by atoms with Crippen LogP contribution in [0, 0.1) is 0 Å². The SMILES string of the molecule is O=c1cc(OCC2CCCCO2)[nH]c2cc(C3CCCC3)ccc12. The molecule has 4 heteroatoms. The fourth-order valence-electron chi connectivity index (χ4n) is 3.96. The highest BCUT2D eigenvalue weighted by atomic mass is 16.5. The number of aromatic nitrogens is 1. The average molecular weight is 327 g/mol. The van der Waals surface area contributed by atoms with Crippen molar-refractivity contribution in [3.05, 3.63) is 40.1 Å². The van der Waals surface area contributed by atoms with Gasteiger partial charge in [-0.2, -0.15) is 0 Å². The topological polar surface area (TPSA) is 51.3 Å². The molecule has 1 saturated carbocycles. The molecule has 1 aromatic carbocycles. The van der Waals surface area contributed by atoms with Crippen LogP contribution < -0.4 is 10.2 Å². The standard InChI is InChI=1S/C20H25NO3/c22-19-12-20(24-13-16-7-3-4-10-23-16)21-18-11-15(8-9-17(18)19)14-5-1-2-6-14/h8-9,11-12,14,16H,1-7,10,13H2,(H,21,22). The maximum Gasteiger partial charge on any atom is 0.195 e. The highest BCUT2D eigenvalue weighted by molar-refractivity contribution is 5.79. The number of hydrogen-bond donors (Lipinski definition) is 1. The van der Waals surface area contributed by atoms with Crippen LogP contribution >= 0.6 is 0 Å². The number of aromatic amines is 1. The molecule has 0 spiro atoms. The van der Waals surface area contributed by atoms with Gasteiger partial charge in [0.15, 0.2) is 11.3 Å². The number of nitrogens with one attached hydrogen (secondary N) is 1. The van der Waals surface area contributed by atoms with Gasteiger partial charge in [-0.25, -0.2) is 0 Å². The van der Waals surface area contributed by atoms with Gasteiger partial charge in [0.1, 0.15) is 6.61 Å². The summed E-state index contributed by atoms with van der Waals surface area (Å²) in [5.41, 5.74) is 2.23. The fourth-order valence-corrected chi connectivity index (χ4v) is 3.96. The largest absolute Gasteiger partial charge is 0.476 e. The molecule has 4 nitrogen and oxygen atoms in total. The molecule has 1 N–H and O–H groups in total. The highest BCUT2D eigenvalue weighted by Gasteiger charge is 2.18. The number of rotatable bonds is 4. The third-order valence-corrected chi connectivity index (χ3v) is 5.35. The molecule has 0 amide bonds. The summed E-state index contributed by atoms with van der Waals surface area (Å²) in [6.45, 7) is 1.32. The molecule has 1 aliphatic heterocycles. The third kappa shape index (κ3) is 3.34. The minimum atomic E-state index is 0.0151. The first-order valence-electron chi connectivity index (χ1n) is 9.21. The van der Waals surface area contributed by atoms with E-state index in [2.05, 4.69) is 17.1 Å². The van der Waals surface area contributed by atoms with Crippen molar-refractivity contribution in [3.8, 4) is 5.88 Å². The predicted octanol–water partition coefficient (Wildman–Crippen LogP) is 4.13. The summed E-state index contributed by atoms with van der Waals surface area (Å²) in [6.07, 6.45) is 8.62. The number of ether oxygens (including phenoxy) is 2. The van der Waals surface area contributed by atoms with Crippen molar-refractivity contribution in [2.75, 3.05) is 13.2 Å². The van der Waals surface area contributed by atoms with E-state index in [9.17, 15) is 4.79 Å². The van der Waals surface area contributed by atoms with Crippen LogP contribution in [0.4, 0.5) is 0 Å². The Labute approximate surface area is 142 Å². The maximum atomic E-state index is 12.4. The van der Waals surface area contributed by atoms with Crippen molar-refractivity contribution < 1.29 is 9.47 Å². The fraction of sp³-hybridized carbons (Fsp3) is 0.550. The van der Waals surface area contributed by atoms with Gasteiger partial charge in [0.25, 0.3) is 0 Å². The van der Waals surface area contributed by atoms with E-state index in [0.29, 0.717) is 18.4 Å². The van der Waals surface area contributed by atoms with E-state index in [-0.39, 0.29) is 11.5 Å². The first-order valence-corrected chi connectivity index (χ1v) is 9.21. The van der Waals surface area contributed by atoms with Gasteiger partial charge >= 0.3 is 0 Å². The van der Waals surface area contributed by atoms with Crippen molar-refractivity contribution in [2.24, 2.45) is 0 Å². The molecule has 2 aliphatic rings. The molecule has 0 bridgehead atoms. The third-order valence-electron chi connectivity index (χ3n) is 5.35. The minimum Gasteiger partial charge on any atom is -0.476 e. The number of H-pyrrole nitrogens is 1. The Morgan fingerprint density at radius 2 is 1.92 bits per heavy atom. The Morgan fingerprint density at radius 1 is 1.08 bits per heavy atom. The number of hydrogen-bond acceptors (Lipinski definition) is 3. The summed E-state index contributed by atoms with van der Waals surface area (Å²) in [5.74, 6) is 1.18. The highest BCUT2D eigenvalue weighted by Crippen LogP contribution is 2.34. The van der Waals surface area contributed by atoms with Crippen LogP contribution in [0.3, 0.4) is 0 Å². The molecule has 128 valence electrons. The molecule has 0 radical (unpaired) electrons. The summed E-state index contributed by atoms with van der Waals surface area (Å²) in [6, 6.07) is 7.76. The summed E-state index contributed by atoms with van der Waals surface area (Å²) >= 11 is 0. The van der Waals surface area contributed by atoms with E-state index in [1.54, 1.807) is 6.07 Å². The van der Waals surface area contributed by atoms with Crippen molar-refractivity contribution in [2.45, 2.75) is 57.0 Å². The van der Waals surface area contributed by atoms with E-state index in [1.807, 2.05) is 6.07 Å². The number of pyridine rings is 1. The van der Waals surface area contributed by atoms with Gasteiger partial charge < -0.3 is 14.5 Å². The minimum absolute atomic E-state index is 0.0151. The molecule has 2 heterocycles.